The van der Waals surface area contributed by atoms with Crippen molar-refractivity contribution < 1.29 is 9.59 Å². The van der Waals surface area contributed by atoms with E-state index in [2.05, 4.69) is 15.2 Å². The molecule has 1 aliphatic rings. The Bertz CT molecular complexity index is 1240. The molecule has 0 atom stereocenters. The molecule has 2 amide bonds. The minimum absolute atomic E-state index is 0.0687. The fourth-order valence-corrected chi connectivity index (χ4v) is 3.92. The SMILES string of the molecule is O=C(Cn1cccc1-c1nc2cccc3c2n1CCNC3=O)NCc1ccccc1. The van der Waals surface area contributed by atoms with E-state index in [1.54, 1.807) is 0 Å². The molecular formula is C23H21N5O2. The lowest BCUT2D eigenvalue weighted by atomic mass is 10.2. The van der Waals surface area contributed by atoms with Crippen LogP contribution < -0.4 is 10.6 Å². The first-order valence-corrected chi connectivity index (χ1v) is 9.94. The zero-order chi connectivity index (χ0) is 20.5. The van der Waals surface area contributed by atoms with Crippen LogP contribution in [-0.2, 0) is 24.4 Å². The van der Waals surface area contributed by atoms with E-state index in [-0.39, 0.29) is 18.4 Å². The zero-order valence-corrected chi connectivity index (χ0v) is 16.3. The number of rotatable bonds is 5. The summed E-state index contributed by atoms with van der Waals surface area (Å²) in [7, 11) is 0. The van der Waals surface area contributed by atoms with Crippen molar-refractivity contribution in [3.05, 3.63) is 78.0 Å². The van der Waals surface area contributed by atoms with Crippen LogP contribution in [0.5, 0.6) is 0 Å². The van der Waals surface area contributed by atoms with Gasteiger partial charge in [0.1, 0.15) is 6.54 Å². The number of nitrogens with zero attached hydrogens (tertiary/aromatic N) is 3. The summed E-state index contributed by atoms with van der Waals surface area (Å²) in [5.74, 6) is 0.608. The van der Waals surface area contributed by atoms with Crippen molar-refractivity contribution in [3.63, 3.8) is 0 Å². The van der Waals surface area contributed by atoms with Crippen molar-refractivity contribution in [2.75, 3.05) is 6.54 Å². The minimum atomic E-state index is -0.0820. The van der Waals surface area contributed by atoms with Crippen LogP contribution in [0.1, 0.15) is 15.9 Å². The Hall–Kier alpha value is -3.87. The molecule has 1 aliphatic heterocycles. The Balaban J connectivity index is 1.44. The van der Waals surface area contributed by atoms with Gasteiger partial charge in [-0.1, -0.05) is 36.4 Å². The highest BCUT2D eigenvalue weighted by atomic mass is 16.2. The Morgan fingerprint density at radius 3 is 2.80 bits per heavy atom. The van der Waals surface area contributed by atoms with Crippen molar-refractivity contribution in [1.29, 1.82) is 0 Å². The number of hydrogen-bond donors (Lipinski definition) is 2. The first-order chi connectivity index (χ1) is 14.7. The predicted molar refractivity (Wildman–Crippen MR) is 114 cm³/mol. The second-order valence-electron chi connectivity index (χ2n) is 7.30. The van der Waals surface area contributed by atoms with Gasteiger partial charge in [-0.15, -0.1) is 0 Å². The van der Waals surface area contributed by atoms with Crippen LogP contribution in [0.2, 0.25) is 0 Å². The summed E-state index contributed by atoms with van der Waals surface area (Å²) >= 11 is 0. The number of imidazole rings is 1. The third kappa shape index (κ3) is 3.24. The third-order valence-corrected chi connectivity index (χ3v) is 5.34. The van der Waals surface area contributed by atoms with Crippen LogP contribution in [0, 0.1) is 0 Å². The largest absolute Gasteiger partial charge is 0.350 e. The number of carbonyl (C=O) groups is 2. The van der Waals surface area contributed by atoms with E-state index in [1.165, 1.54) is 0 Å². The maximum Gasteiger partial charge on any atom is 0.253 e. The zero-order valence-electron chi connectivity index (χ0n) is 16.3. The molecule has 0 spiro atoms. The molecule has 150 valence electrons. The average Bonchev–Trinajstić information content (AvgIpc) is 3.32. The summed E-state index contributed by atoms with van der Waals surface area (Å²) in [5, 5.41) is 5.90. The van der Waals surface area contributed by atoms with E-state index in [0.717, 1.165) is 28.1 Å². The van der Waals surface area contributed by atoms with Gasteiger partial charge in [0, 0.05) is 25.8 Å². The van der Waals surface area contributed by atoms with Gasteiger partial charge in [-0.05, 0) is 29.8 Å². The minimum Gasteiger partial charge on any atom is -0.350 e. The average molecular weight is 399 g/mol. The maximum absolute atomic E-state index is 12.5. The van der Waals surface area contributed by atoms with E-state index < -0.39 is 0 Å². The van der Waals surface area contributed by atoms with Crippen molar-refractivity contribution in [2.24, 2.45) is 0 Å². The molecule has 0 unspecified atom stereocenters. The monoisotopic (exact) mass is 399 g/mol. The lowest BCUT2D eigenvalue weighted by Crippen LogP contribution is -2.27. The summed E-state index contributed by atoms with van der Waals surface area (Å²) in [6.45, 7) is 1.85. The van der Waals surface area contributed by atoms with Crippen molar-refractivity contribution in [1.82, 2.24) is 24.8 Å². The van der Waals surface area contributed by atoms with Crippen molar-refractivity contribution in [2.45, 2.75) is 19.6 Å². The van der Waals surface area contributed by atoms with Gasteiger partial charge in [0.05, 0.1) is 22.3 Å². The molecule has 3 heterocycles. The molecule has 0 fully saturated rings. The van der Waals surface area contributed by atoms with E-state index in [0.29, 0.717) is 25.2 Å². The Kier molecular flexibility index (Phi) is 4.55. The van der Waals surface area contributed by atoms with Crippen LogP contribution in [0.3, 0.4) is 0 Å². The van der Waals surface area contributed by atoms with Crippen LogP contribution in [0.25, 0.3) is 22.6 Å². The lowest BCUT2D eigenvalue weighted by Gasteiger charge is -2.12. The van der Waals surface area contributed by atoms with Gasteiger partial charge in [-0.2, -0.15) is 0 Å². The molecule has 4 aromatic rings. The molecule has 0 bridgehead atoms. The number of benzene rings is 2. The van der Waals surface area contributed by atoms with E-state index in [4.69, 9.17) is 4.98 Å². The van der Waals surface area contributed by atoms with E-state index in [9.17, 15) is 9.59 Å². The number of amides is 2. The van der Waals surface area contributed by atoms with Crippen molar-refractivity contribution in [3.8, 4) is 11.5 Å². The highest BCUT2D eigenvalue weighted by molar-refractivity contribution is 6.06. The number of aromatic nitrogens is 3. The summed E-state index contributed by atoms with van der Waals surface area (Å²) in [6.07, 6.45) is 1.88. The first-order valence-electron chi connectivity index (χ1n) is 9.94. The number of hydrogen-bond acceptors (Lipinski definition) is 3. The van der Waals surface area contributed by atoms with Gasteiger partial charge in [0.2, 0.25) is 5.91 Å². The summed E-state index contributed by atoms with van der Waals surface area (Å²) in [5.41, 5.74) is 4.15. The molecule has 0 aliphatic carbocycles. The lowest BCUT2D eigenvalue weighted by molar-refractivity contribution is -0.121. The highest BCUT2D eigenvalue weighted by Gasteiger charge is 2.23. The summed E-state index contributed by atoms with van der Waals surface area (Å²) < 4.78 is 3.96. The highest BCUT2D eigenvalue weighted by Crippen LogP contribution is 2.28. The van der Waals surface area contributed by atoms with Crippen molar-refractivity contribution >= 4 is 22.8 Å². The van der Waals surface area contributed by atoms with Crippen LogP contribution in [0.4, 0.5) is 0 Å². The fourth-order valence-electron chi connectivity index (χ4n) is 3.92. The predicted octanol–water partition coefficient (Wildman–Crippen LogP) is 2.56. The van der Waals surface area contributed by atoms with E-state index >= 15 is 0 Å². The van der Waals surface area contributed by atoms with Crippen LogP contribution >= 0.6 is 0 Å². The number of carbonyl (C=O) groups excluding carboxylic acids is 2. The van der Waals surface area contributed by atoms with Crippen LogP contribution in [-0.4, -0.2) is 32.5 Å². The van der Waals surface area contributed by atoms with Gasteiger partial charge in [-0.25, -0.2) is 4.98 Å². The van der Waals surface area contributed by atoms with Gasteiger partial charge in [-0.3, -0.25) is 9.59 Å². The Labute approximate surface area is 173 Å². The molecule has 30 heavy (non-hydrogen) atoms. The molecule has 0 saturated carbocycles. The Morgan fingerprint density at radius 1 is 1.07 bits per heavy atom. The van der Waals surface area contributed by atoms with Crippen LogP contribution in [0.15, 0.2) is 66.9 Å². The Morgan fingerprint density at radius 2 is 1.93 bits per heavy atom. The topological polar surface area (TPSA) is 81.0 Å². The number of nitrogens with one attached hydrogen (secondary N) is 2. The summed E-state index contributed by atoms with van der Waals surface area (Å²) in [6, 6.07) is 19.3. The summed E-state index contributed by atoms with van der Waals surface area (Å²) in [4.78, 5) is 29.7. The molecule has 2 aromatic heterocycles. The third-order valence-electron chi connectivity index (χ3n) is 5.34. The molecule has 7 heteroatoms. The smallest absolute Gasteiger partial charge is 0.253 e. The second kappa shape index (κ2) is 7.51. The number of para-hydroxylation sites is 1. The van der Waals surface area contributed by atoms with Gasteiger partial charge in [0.25, 0.3) is 5.91 Å². The molecule has 0 radical (unpaired) electrons. The van der Waals surface area contributed by atoms with Gasteiger partial charge in [0.15, 0.2) is 5.82 Å². The normalized spacial score (nSPS) is 13.1. The quantitative estimate of drug-likeness (QED) is 0.541. The first kappa shape index (κ1) is 18.2. The fraction of sp³-hybridized carbons (Fsp3) is 0.174. The molecular weight excluding hydrogens is 378 g/mol. The molecule has 5 rings (SSSR count). The maximum atomic E-state index is 12.5. The molecule has 7 nitrogen and oxygen atoms in total. The molecule has 2 N–H and O–H groups in total. The van der Waals surface area contributed by atoms with Gasteiger partial charge < -0.3 is 19.8 Å². The standard InChI is InChI=1S/C23H21N5O2/c29-20(25-14-16-6-2-1-3-7-16)15-27-12-5-10-19(27)22-26-18-9-4-8-17-21(18)28(22)13-11-24-23(17)30/h1-10,12H,11,13-15H2,(H,24,30)(H,25,29). The molecule has 0 saturated heterocycles. The van der Waals surface area contributed by atoms with E-state index in [1.807, 2.05) is 71.4 Å². The molecule has 2 aromatic carbocycles. The second-order valence-corrected chi connectivity index (χ2v) is 7.30. The van der Waals surface area contributed by atoms with Gasteiger partial charge >= 0.3 is 0 Å².